The molecule has 3 nitrogen and oxygen atoms in total. The monoisotopic (exact) mass is 295 g/mol. The van der Waals surface area contributed by atoms with Gasteiger partial charge in [-0.2, -0.15) is 0 Å². The standard InChI is InChI=1S/C19H21NO2/c21-19(22-18-11-5-2-6-12-18)17-10-7-13-20(15-17)14-16-8-3-1-4-9-16/h1-6,8-9,11-12,17H,7,10,13-15H2. The van der Waals surface area contributed by atoms with Gasteiger partial charge in [0.1, 0.15) is 5.75 Å². The number of nitrogens with zero attached hydrogens (tertiary/aromatic N) is 1. The molecule has 0 radical (unpaired) electrons. The molecule has 0 bridgehead atoms. The van der Waals surface area contributed by atoms with Gasteiger partial charge >= 0.3 is 5.97 Å². The number of esters is 1. The minimum atomic E-state index is -0.107. The first-order valence-corrected chi connectivity index (χ1v) is 7.84. The van der Waals surface area contributed by atoms with Crippen molar-refractivity contribution >= 4 is 5.97 Å². The van der Waals surface area contributed by atoms with Crippen LogP contribution in [0.4, 0.5) is 0 Å². The lowest BCUT2D eigenvalue weighted by Crippen LogP contribution is -2.39. The van der Waals surface area contributed by atoms with E-state index in [-0.39, 0.29) is 11.9 Å². The number of likely N-dealkylation sites (tertiary alicyclic amines) is 1. The SMILES string of the molecule is O=C(Oc1ccccc1)C1CCCN(Cc2ccccc2)C1. The zero-order valence-corrected chi connectivity index (χ0v) is 12.7. The first-order chi connectivity index (χ1) is 10.8. The summed E-state index contributed by atoms with van der Waals surface area (Å²) in [6, 6.07) is 19.7. The van der Waals surface area contributed by atoms with Gasteiger partial charge < -0.3 is 4.74 Å². The van der Waals surface area contributed by atoms with E-state index in [0.717, 1.165) is 32.5 Å². The van der Waals surface area contributed by atoms with Crippen molar-refractivity contribution in [3.05, 3.63) is 66.2 Å². The highest BCUT2D eigenvalue weighted by Gasteiger charge is 2.27. The quantitative estimate of drug-likeness (QED) is 0.638. The maximum atomic E-state index is 12.3. The predicted octanol–water partition coefficient (Wildman–Crippen LogP) is 3.50. The first kappa shape index (κ1) is 14.8. The van der Waals surface area contributed by atoms with Gasteiger partial charge in [0, 0.05) is 13.1 Å². The van der Waals surface area contributed by atoms with Gasteiger partial charge in [-0.05, 0) is 37.1 Å². The lowest BCUT2D eigenvalue weighted by Gasteiger charge is -2.31. The Bertz CT molecular complexity index is 597. The molecule has 0 N–H and O–H groups in total. The summed E-state index contributed by atoms with van der Waals surface area (Å²) in [5.41, 5.74) is 1.29. The minimum absolute atomic E-state index is 0.0299. The van der Waals surface area contributed by atoms with Crippen LogP contribution in [0.1, 0.15) is 18.4 Å². The summed E-state index contributed by atoms with van der Waals surface area (Å²) in [5.74, 6) is 0.495. The molecule has 2 aromatic carbocycles. The summed E-state index contributed by atoms with van der Waals surface area (Å²) in [4.78, 5) is 14.7. The van der Waals surface area contributed by atoms with E-state index in [2.05, 4.69) is 29.2 Å². The molecule has 22 heavy (non-hydrogen) atoms. The Morgan fingerprint density at radius 1 is 1.05 bits per heavy atom. The molecule has 1 aliphatic heterocycles. The normalized spacial score (nSPS) is 18.8. The molecule has 114 valence electrons. The largest absolute Gasteiger partial charge is 0.426 e. The van der Waals surface area contributed by atoms with Crippen molar-refractivity contribution in [2.75, 3.05) is 13.1 Å². The Hall–Kier alpha value is -2.13. The number of rotatable bonds is 4. The number of piperidine rings is 1. The fraction of sp³-hybridized carbons (Fsp3) is 0.316. The molecule has 2 aromatic rings. The second kappa shape index (κ2) is 7.23. The number of benzene rings is 2. The second-order valence-corrected chi connectivity index (χ2v) is 5.79. The van der Waals surface area contributed by atoms with E-state index in [4.69, 9.17) is 4.74 Å². The Kier molecular flexibility index (Phi) is 4.86. The molecule has 0 aliphatic carbocycles. The molecule has 1 heterocycles. The molecule has 0 spiro atoms. The first-order valence-electron chi connectivity index (χ1n) is 7.84. The lowest BCUT2D eigenvalue weighted by molar-refractivity contribution is -0.140. The molecule has 3 heteroatoms. The van der Waals surface area contributed by atoms with E-state index in [1.807, 2.05) is 36.4 Å². The number of para-hydroxylation sites is 1. The molecule has 3 rings (SSSR count). The average molecular weight is 295 g/mol. The van der Waals surface area contributed by atoms with Crippen LogP contribution in [-0.2, 0) is 11.3 Å². The zero-order valence-electron chi connectivity index (χ0n) is 12.7. The smallest absolute Gasteiger partial charge is 0.315 e. The summed E-state index contributed by atoms with van der Waals surface area (Å²) in [7, 11) is 0. The molecule has 0 amide bonds. The molecule has 1 unspecified atom stereocenters. The van der Waals surface area contributed by atoms with Crippen LogP contribution < -0.4 is 4.74 Å². The molecule has 0 saturated carbocycles. The summed E-state index contributed by atoms with van der Waals surface area (Å²) < 4.78 is 5.49. The van der Waals surface area contributed by atoms with Crippen LogP contribution in [-0.4, -0.2) is 24.0 Å². The van der Waals surface area contributed by atoms with Crippen molar-refractivity contribution in [2.45, 2.75) is 19.4 Å². The van der Waals surface area contributed by atoms with Crippen molar-refractivity contribution in [1.29, 1.82) is 0 Å². The van der Waals surface area contributed by atoms with Gasteiger partial charge in [-0.25, -0.2) is 0 Å². The Morgan fingerprint density at radius 3 is 2.45 bits per heavy atom. The van der Waals surface area contributed by atoms with E-state index >= 15 is 0 Å². The van der Waals surface area contributed by atoms with Gasteiger partial charge in [-0.15, -0.1) is 0 Å². The van der Waals surface area contributed by atoms with Crippen LogP contribution in [0, 0.1) is 5.92 Å². The third-order valence-corrected chi connectivity index (χ3v) is 4.05. The zero-order chi connectivity index (χ0) is 15.2. The molecule has 1 atom stereocenters. The van der Waals surface area contributed by atoms with Gasteiger partial charge in [0.25, 0.3) is 0 Å². The number of ether oxygens (including phenoxy) is 1. The van der Waals surface area contributed by atoms with Gasteiger partial charge in [0.05, 0.1) is 5.92 Å². The van der Waals surface area contributed by atoms with Crippen molar-refractivity contribution in [1.82, 2.24) is 4.90 Å². The number of carbonyl (C=O) groups excluding carboxylic acids is 1. The Morgan fingerprint density at radius 2 is 1.73 bits per heavy atom. The topological polar surface area (TPSA) is 29.5 Å². The van der Waals surface area contributed by atoms with Crippen LogP contribution in [0.2, 0.25) is 0 Å². The molecule has 0 aromatic heterocycles. The van der Waals surface area contributed by atoms with Crippen LogP contribution in [0.3, 0.4) is 0 Å². The average Bonchev–Trinajstić information content (AvgIpc) is 2.57. The molecular weight excluding hydrogens is 274 g/mol. The van der Waals surface area contributed by atoms with Crippen LogP contribution >= 0.6 is 0 Å². The van der Waals surface area contributed by atoms with E-state index in [0.29, 0.717) is 5.75 Å². The third-order valence-electron chi connectivity index (χ3n) is 4.05. The maximum Gasteiger partial charge on any atom is 0.315 e. The minimum Gasteiger partial charge on any atom is -0.426 e. The summed E-state index contributed by atoms with van der Waals surface area (Å²) >= 11 is 0. The number of hydrogen-bond acceptors (Lipinski definition) is 3. The van der Waals surface area contributed by atoms with Crippen molar-refractivity contribution in [3.8, 4) is 5.75 Å². The van der Waals surface area contributed by atoms with Crippen LogP contribution in [0.15, 0.2) is 60.7 Å². The van der Waals surface area contributed by atoms with E-state index in [1.54, 1.807) is 0 Å². The van der Waals surface area contributed by atoms with Gasteiger partial charge in [0.2, 0.25) is 0 Å². The highest BCUT2D eigenvalue weighted by atomic mass is 16.5. The molecular formula is C19H21NO2. The summed E-state index contributed by atoms with van der Waals surface area (Å²) in [6.07, 6.45) is 1.96. The molecule has 1 aliphatic rings. The van der Waals surface area contributed by atoms with Gasteiger partial charge in [-0.1, -0.05) is 48.5 Å². The van der Waals surface area contributed by atoms with Crippen molar-refractivity contribution < 1.29 is 9.53 Å². The Labute approximate surface area is 131 Å². The molecule has 1 saturated heterocycles. The van der Waals surface area contributed by atoms with Gasteiger partial charge in [0.15, 0.2) is 0 Å². The van der Waals surface area contributed by atoms with Gasteiger partial charge in [-0.3, -0.25) is 9.69 Å². The Balaban J connectivity index is 1.57. The fourth-order valence-corrected chi connectivity index (χ4v) is 2.92. The highest BCUT2D eigenvalue weighted by molar-refractivity contribution is 5.75. The van der Waals surface area contributed by atoms with Crippen molar-refractivity contribution in [2.24, 2.45) is 5.92 Å². The lowest BCUT2D eigenvalue weighted by atomic mass is 9.97. The maximum absolute atomic E-state index is 12.3. The van der Waals surface area contributed by atoms with E-state index in [1.165, 1.54) is 5.56 Å². The van der Waals surface area contributed by atoms with Crippen LogP contribution in [0.5, 0.6) is 5.75 Å². The van der Waals surface area contributed by atoms with Crippen LogP contribution in [0.25, 0.3) is 0 Å². The third kappa shape index (κ3) is 3.95. The van der Waals surface area contributed by atoms with Crippen molar-refractivity contribution in [3.63, 3.8) is 0 Å². The van der Waals surface area contributed by atoms with E-state index in [9.17, 15) is 4.79 Å². The predicted molar refractivity (Wildman–Crippen MR) is 86.5 cm³/mol. The highest BCUT2D eigenvalue weighted by Crippen LogP contribution is 2.21. The van der Waals surface area contributed by atoms with E-state index < -0.39 is 0 Å². The fourth-order valence-electron chi connectivity index (χ4n) is 2.92. The number of carbonyl (C=O) groups is 1. The summed E-state index contributed by atoms with van der Waals surface area (Å²) in [5, 5.41) is 0. The second-order valence-electron chi connectivity index (χ2n) is 5.79. The molecule has 1 fully saturated rings. The number of hydrogen-bond donors (Lipinski definition) is 0. The summed E-state index contributed by atoms with van der Waals surface area (Å²) in [6.45, 7) is 2.72.